The number of hydrogen-bond donors (Lipinski definition) is 0. The Kier molecular flexibility index (Phi) is 11.8. The molecule has 2 heterocycles. The maximum Gasteiger partial charge on any atom is 0.343 e. The second-order valence-electron chi connectivity index (χ2n) is 10.4. The van der Waals surface area contributed by atoms with Gasteiger partial charge in [0.25, 0.3) is 5.56 Å². The molecule has 1 atom stereocenters. The summed E-state index contributed by atoms with van der Waals surface area (Å²) in [6.45, 7) is 5.84. The molecular formula is C35H32BrIN2O8S. The summed E-state index contributed by atoms with van der Waals surface area (Å²) in [4.78, 5) is 44.3. The highest BCUT2D eigenvalue weighted by Gasteiger charge is 2.34. The van der Waals surface area contributed by atoms with Gasteiger partial charge in [0.1, 0.15) is 12.4 Å². The van der Waals surface area contributed by atoms with E-state index in [4.69, 9.17) is 18.9 Å². The van der Waals surface area contributed by atoms with Crippen LogP contribution in [-0.2, 0) is 25.7 Å². The molecule has 1 aromatic heterocycles. The number of aromatic nitrogens is 1. The van der Waals surface area contributed by atoms with E-state index in [1.807, 2.05) is 49.4 Å². The number of carbonyl (C=O) groups is 2. The van der Waals surface area contributed by atoms with Crippen LogP contribution in [0.4, 0.5) is 0 Å². The highest BCUT2D eigenvalue weighted by molar-refractivity contribution is 14.1. The zero-order valence-corrected chi connectivity index (χ0v) is 31.1. The SMILES string of the molecule is CCOC(=O)C1=C(C)N=c2s/c(=C\c3ccc(OCc4ccc(Br)cc4)c(I)c3)c(=O)n2[C@H]1c1ccc(OCC(=O)OC)c(OCC)c1. The van der Waals surface area contributed by atoms with Gasteiger partial charge in [-0.25, -0.2) is 14.6 Å². The van der Waals surface area contributed by atoms with Gasteiger partial charge in [0, 0.05) is 4.47 Å². The van der Waals surface area contributed by atoms with Crippen LogP contribution in [-0.4, -0.2) is 43.4 Å². The molecule has 0 radical (unpaired) electrons. The van der Waals surface area contributed by atoms with Crippen molar-refractivity contribution in [3.05, 3.63) is 116 Å². The van der Waals surface area contributed by atoms with Gasteiger partial charge < -0.3 is 23.7 Å². The smallest absolute Gasteiger partial charge is 0.343 e. The first-order chi connectivity index (χ1) is 23.1. The van der Waals surface area contributed by atoms with Crippen LogP contribution >= 0.6 is 49.9 Å². The fraction of sp³-hybridized carbons (Fsp3) is 0.257. The Balaban J connectivity index is 1.54. The first-order valence-electron chi connectivity index (χ1n) is 15.0. The van der Waals surface area contributed by atoms with E-state index in [0.717, 1.165) is 24.9 Å². The molecule has 13 heteroatoms. The van der Waals surface area contributed by atoms with Crippen LogP contribution in [0.1, 0.15) is 43.5 Å². The molecule has 0 saturated carbocycles. The summed E-state index contributed by atoms with van der Waals surface area (Å²) in [7, 11) is 1.27. The van der Waals surface area contributed by atoms with Crippen LogP contribution in [0.2, 0.25) is 0 Å². The Morgan fingerprint density at radius 3 is 2.42 bits per heavy atom. The monoisotopic (exact) mass is 846 g/mol. The van der Waals surface area contributed by atoms with E-state index in [9.17, 15) is 14.4 Å². The summed E-state index contributed by atoms with van der Waals surface area (Å²) in [6, 6.07) is 17.9. The molecule has 4 aromatic rings. The third kappa shape index (κ3) is 8.01. The topological polar surface area (TPSA) is 115 Å². The largest absolute Gasteiger partial charge is 0.490 e. The van der Waals surface area contributed by atoms with Crippen molar-refractivity contribution in [3.8, 4) is 17.2 Å². The number of halogens is 2. The van der Waals surface area contributed by atoms with Gasteiger partial charge in [-0.1, -0.05) is 51.5 Å². The first-order valence-corrected chi connectivity index (χ1v) is 17.6. The van der Waals surface area contributed by atoms with Crippen molar-refractivity contribution in [2.75, 3.05) is 26.9 Å². The third-order valence-corrected chi connectivity index (χ3v) is 9.59. The van der Waals surface area contributed by atoms with Gasteiger partial charge in [-0.2, -0.15) is 0 Å². The lowest BCUT2D eigenvalue weighted by Gasteiger charge is -2.25. The summed E-state index contributed by atoms with van der Waals surface area (Å²) < 4.78 is 31.5. The summed E-state index contributed by atoms with van der Waals surface area (Å²) in [5.41, 5.74) is 2.80. The van der Waals surface area contributed by atoms with Crippen LogP contribution in [0.3, 0.4) is 0 Å². The molecule has 48 heavy (non-hydrogen) atoms. The minimum absolute atomic E-state index is 0.152. The van der Waals surface area contributed by atoms with Crippen LogP contribution in [0.5, 0.6) is 17.2 Å². The quantitative estimate of drug-likeness (QED) is 0.132. The normalized spacial score (nSPS) is 14.2. The maximum atomic E-state index is 14.1. The van der Waals surface area contributed by atoms with Crippen molar-refractivity contribution in [2.45, 2.75) is 33.4 Å². The van der Waals surface area contributed by atoms with E-state index in [1.54, 1.807) is 38.1 Å². The van der Waals surface area contributed by atoms with E-state index < -0.39 is 18.0 Å². The van der Waals surface area contributed by atoms with E-state index in [0.29, 0.717) is 45.3 Å². The van der Waals surface area contributed by atoms with Gasteiger partial charge in [0.15, 0.2) is 22.9 Å². The number of fused-ring (bicyclic) bond motifs is 1. The standard InChI is InChI=1S/C35H32BrIN2O8S/c1-5-44-28-17-23(10-14-27(28)47-19-30(40)43-4)32-31(34(42)45-6-2)20(3)38-35-39(32)33(41)29(48-35)16-22-9-13-26(25(37)15-22)46-18-21-7-11-24(36)12-8-21/h7-17,32H,5-6,18-19H2,1-4H3/b29-16-/t32-/m0/s1. The average Bonchev–Trinajstić information content (AvgIpc) is 3.37. The Hall–Kier alpha value is -3.95. The summed E-state index contributed by atoms with van der Waals surface area (Å²) in [5.74, 6) is 0.271. The first kappa shape index (κ1) is 35.4. The summed E-state index contributed by atoms with van der Waals surface area (Å²) in [6.07, 6.45) is 1.81. The predicted molar refractivity (Wildman–Crippen MR) is 193 cm³/mol. The van der Waals surface area contributed by atoms with Crippen LogP contribution in [0.25, 0.3) is 6.08 Å². The lowest BCUT2D eigenvalue weighted by Crippen LogP contribution is -2.40. The minimum Gasteiger partial charge on any atom is -0.490 e. The molecule has 0 saturated heterocycles. The molecule has 0 bridgehead atoms. The fourth-order valence-corrected chi connectivity index (χ4v) is 7.01. The van der Waals surface area contributed by atoms with E-state index in [1.165, 1.54) is 23.0 Å². The highest BCUT2D eigenvalue weighted by atomic mass is 127. The van der Waals surface area contributed by atoms with Crippen molar-refractivity contribution in [3.63, 3.8) is 0 Å². The number of rotatable bonds is 12. The fourth-order valence-electron chi connectivity index (χ4n) is 5.00. The lowest BCUT2D eigenvalue weighted by atomic mass is 9.95. The van der Waals surface area contributed by atoms with Crippen LogP contribution in [0.15, 0.2) is 86.2 Å². The molecule has 0 N–H and O–H groups in total. The Morgan fingerprint density at radius 1 is 0.979 bits per heavy atom. The molecule has 10 nitrogen and oxygen atoms in total. The van der Waals surface area contributed by atoms with Crippen molar-refractivity contribution in [1.29, 1.82) is 0 Å². The van der Waals surface area contributed by atoms with Gasteiger partial charge in [0.2, 0.25) is 0 Å². The molecule has 0 spiro atoms. The molecule has 3 aromatic carbocycles. The average molecular weight is 848 g/mol. The second-order valence-corrected chi connectivity index (χ2v) is 13.5. The summed E-state index contributed by atoms with van der Waals surface area (Å²) >= 11 is 6.90. The molecule has 1 aliphatic rings. The van der Waals surface area contributed by atoms with Crippen LogP contribution < -0.4 is 29.1 Å². The number of nitrogens with zero attached hydrogens (tertiary/aromatic N) is 2. The number of thiazole rings is 1. The Labute approximate surface area is 302 Å². The molecule has 1 aliphatic heterocycles. The Morgan fingerprint density at radius 2 is 1.73 bits per heavy atom. The number of allylic oxidation sites excluding steroid dienone is 1. The lowest BCUT2D eigenvalue weighted by molar-refractivity contribution is -0.143. The number of carbonyl (C=O) groups excluding carboxylic acids is 2. The van der Waals surface area contributed by atoms with Gasteiger partial charge in [-0.05, 0) is 103 Å². The molecule has 0 amide bonds. The van der Waals surface area contributed by atoms with Gasteiger partial charge in [0.05, 0.1) is 45.7 Å². The number of methoxy groups -OCH3 is 1. The predicted octanol–water partition coefficient (Wildman–Crippen LogP) is 5.69. The Bertz CT molecular complexity index is 2060. The number of ether oxygens (including phenoxy) is 5. The van der Waals surface area contributed by atoms with Crippen LogP contribution in [0, 0.1) is 3.57 Å². The van der Waals surface area contributed by atoms with Crippen molar-refractivity contribution >= 4 is 67.9 Å². The van der Waals surface area contributed by atoms with Gasteiger partial charge in [-0.15, -0.1) is 0 Å². The summed E-state index contributed by atoms with van der Waals surface area (Å²) in [5, 5.41) is 0. The number of hydrogen-bond acceptors (Lipinski definition) is 10. The molecular weight excluding hydrogens is 815 g/mol. The third-order valence-electron chi connectivity index (χ3n) is 7.23. The number of benzene rings is 3. The van der Waals surface area contributed by atoms with Gasteiger partial charge in [-0.3, -0.25) is 9.36 Å². The molecule has 0 aliphatic carbocycles. The highest BCUT2D eigenvalue weighted by Crippen LogP contribution is 2.36. The minimum atomic E-state index is -0.856. The van der Waals surface area contributed by atoms with Crippen molar-refractivity contribution in [2.24, 2.45) is 4.99 Å². The zero-order valence-electron chi connectivity index (χ0n) is 26.6. The second kappa shape index (κ2) is 16.0. The van der Waals surface area contributed by atoms with E-state index in [2.05, 4.69) is 48.3 Å². The van der Waals surface area contributed by atoms with E-state index in [-0.39, 0.29) is 24.3 Å². The zero-order chi connectivity index (χ0) is 34.4. The molecule has 0 fully saturated rings. The van der Waals surface area contributed by atoms with E-state index >= 15 is 0 Å². The van der Waals surface area contributed by atoms with Crippen molar-refractivity contribution < 1.29 is 33.3 Å². The molecule has 250 valence electrons. The molecule has 0 unspecified atom stereocenters. The maximum absolute atomic E-state index is 14.1. The van der Waals surface area contributed by atoms with Crippen molar-refractivity contribution in [1.82, 2.24) is 4.57 Å². The van der Waals surface area contributed by atoms with Gasteiger partial charge >= 0.3 is 11.9 Å². The molecule has 5 rings (SSSR count). The number of esters is 2.